The van der Waals surface area contributed by atoms with Crippen molar-refractivity contribution in [3.63, 3.8) is 0 Å². The van der Waals surface area contributed by atoms with Gasteiger partial charge in [0, 0.05) is 0 Å². The molecule has 8 aromatic rings. The van der Waals surface area contributed by atoms with E-state index in [2.05, 4.69) is 121 Å². The molecular formula is C34H20. The summed E-state index contributed by atoms with van der Waals surface area (Å²) >= 11 is 0. The fourth-order valence-electron chi connectivity index (χ4n) is 6.00. The second-order valence-corrected chi connectivity index (χ2v) is 9.36. The van der Waals surface area contributed by atoms with E-state index in [4.69, 9.17) is 0 Å². The molecule has 0 saturated carbocycles. The van der Waals surface area contributed by atoms with Crippen LogP contribution >= 0.6 is 0 Å². The second-order valence-electron chi connectivity index (χ2n) is 9.36. The molecule has 0 heteroatoms. The van der Waals surface area contributed by atoms with E-state index in [9.17, 15) is 0 Å². The first-order chi connectivity index (χ1) is 16.8. The van der Waals surface area contributed by atoms with Crippen LogP contribution in [0, 0.1) is 0 Å². The lowest BCUT2D eigenvalue weighted by Crippen LogP contribution is -1.88. The van der Waals surface area contributed by atoms with Gasteiger partial charge in [-0.15, -0.1) is 0 Å². The van der Waals surface area contributed by atoms with E-state index in [1.165, 1.54) is 75.8 Å². The third kappa shape index (κ3) is 2.37. The highest BCUT2D eigenvalue weighted by molar-refractivity contribution is 6.29. The average Bonchev–Trinajstić information content (AvgIpc) is 2.91. The van der Waals surface area contributed by atoms with Crippen molar-refractivity contribution in [3.05, 3.63) is 121 Å². The van der Waals surface area contributed by atoms with Crippen molar-refractivity contribution in [2.75, 3.05) is 0 Å². The van der Waals surface area contributed by atoms with Gasteiger partial charge < -0.3 is 0 Å². The molecule has 0 N–H and O–H groups in total. The van der Waals surface area contributed by atoms with Gasteiger partial charge in [0.2, 0.25) is 0 Å². The summed E-state index contributed by atoms with van der Waals surface area (Å²) in [5.74, 6) is 0. The minimum Gasteiger partial charge on any atom is -0.0616 e. The summed E-state index contributed by atoms with van der Waals surface area (Å²) in [7, 11) is 0. The molecule has 0 amide bonds. The van der Waals surface area contributed by atoms with Gasteiger partial charge in [-0.2, -0.15) is 0 Å². The van der Waals surface area contributed by atoms with Crippen LogP contribution in [-0.2, 0) is 0 Å². The Balaban J connectivity index is 1.50. The van der Waals surface area contributed by atoms with E-state index in [0.29, 0.717) is 0 Å². The molecule has 0 aliphatic heterocycles. The van der Waals surface area contributed by atoms with E-state index in [0.717, 1.165) is 0 Å². The van der Waals surface area contributed by atoms with Gasteiger partial charge in [0.05, 0.1) is 0 Å². The number of hydrogen-bond donors (Lipinski definition) is 0. The molecule has 0 unspecified atom stereocenters. The maximum Gasteiger partial charge on any atom is -0.00203 e. The first kappa shape index (κ1) is 18.1. The van der Waals surface area contributed by atoms with Crippen molar-refractivity contribution >= 4 is 64.6 Å². The van der Waals surface area contributed by atoms with Crippen molar-refractivity contribution in [1.29, 1.82) is 0 Å². The Bertz CT molecular complexity index is 2040. The summed E-state index contributed by atoms with van der Waals surface area (Å²) in [6.07, 6.45) is 0. The Kier molecular flexibility index (Phi) is 3.48. The second kappa shape index (κ2) is 6.56. The standard InChI is InChI=1S/C34H20/c1-2-9-27-23(6-1)19-31(29-11-4-3-10-28(27)29)25-14-13-24-18-26-15-12-21-7-5-8-22-16-17-30(32(24)20-25)34(26)33(21)22/h1-20H. The molecular weight excluding hydrogens is 408 g/mol. The van der Waals surface area contributed by atoms with Gasteiger partial charge >= 0.3 is 0 Å². The largest absolute Gasteiger partial charge is 0.0616 e. The first-order valence-corrected chi connectivity index (χ1v) is 11.9. The molecule has 156 valence electrons. The molecule has 0 atom stereocenters. The van der Waals surface area contributed by atoms with Crippen LogP contribution in [0.15, 0.2) is 121 Å². The third-order valence-electron chi connectivity index (χ3n) is 7.54. The quantitative estimate of drug-likeness (QED) is 0.180. The molecule has 8 aromatic carbocycles. The molecule has 0 bridgehead atoms. The van der Waals surface area contributed by atoms with Gasteiger partial charge in [-0.25, -0.2) is 0 Å². The monoisotopic (exact) mass is 428 g/mol. The van der Waals surface area contributed by atoms with Crippen LogP contribution in [0.5, 0.6) is 0 Å². The molecule has 0 radical (unpaired) electrons. The van der Waals surface area contributed by atoms with Gasteiger partial charge in [-0.05, 0) is 94.0 Å². The smallest absolute Gasteiger partial charge is 0.00203 e. The molecule has 0 heterocycles. The van der Waals surface area contributed by atoms with Gasteiger partial charge in [0.15, 0.2) is 0 Å². The van der Waals surface area contributed by atoms with Gasteiger partial charge in [-0.1, -0.05) is 103 Å². The van der Waals surface area contributed by atoms with Crippen molar-refractivity contribution < 1.29 is 0 Å². The van der Waals surface area contributed by atoms with Crippen LogP contribution in [0.25, 0.3) is 75.8 Å². The van der Waals surface area contributed by atoms with Gasteiger partial charge in [-0.3, -0.25) is 0 Å². The van der Waals surface area contributed by atoms with E-state index in [1.807, 2.05) is 0 Å². The van der Waals surface area contributed by atoms with Crippen LogP contribution in [0.3, 0.4) is 0 Å². The van der Waals surface area contributed by atoms with Gasteiger partial charge in [0.1, 0.15) is 0 Å². The minimum absolute atomic E-state index is 1.27. The Morgan fingerprint density at radius 3 is 1.82 bits per heavy atom. The topological polar surface area (TPSA) is 0 Å². The first-order valence-electron chi connectivity index (χ1n) is 11.9. The van der Waals surface area contributed by atoms with Gasteiger partial charge in [0.25, 0.3) is 0 Å². The van der Waals surface area contributed by atoms with Crippen LogP contribution in [0.2, 0.25) is 0 Å². The zero-order valence-electron chi connectivity index (χ0n) is 18.5. The maximum atomic E-state index is 2.40. The number of hydrogen-bond acceptors (Lipinski definition) is 0. The van der Waals surface area contributed by atoms with Crippen LogP contribution < -0.4 is 0 Å². The van der Waals surface area contributed by atoms with Crippen LogP contribution in [0.4, 0.5) is 0 Å². The van der Waals surface area contributed by atoms with Crippen LogP contribution in [0.1, 0.15) is 0 Å². The number of fused-ring (bicyclic) bond motifs is 5. The van der Waals surface area contributed by atoms with Crippen molar-refractivity contribution in [1.82, 2.24) is 0 Å². The Labute approximate surface area is 197 Å². The molecule has 8 rings (SSSR count). The summed E-state index contributed by atoms with van der Waals surface area (Å²) < 4.78 is 0. The Morgan fingerprint density at radius 1 is 0.294 bits per heavy atom. The fraction of sp³-hybridized carbons (Fsp3) is 0. The van der Waals surface area contributed by atoms with E-state index < -0.39 is 0 Å². The molecule has 0 spiro atoms. The molecule has 0 aliphatic carbocycles. The fourth-order valence-corrected chi connectivity index (χ4v) is 6.00. The predicted octanol–water partition coefficient (Wildman–Crippen LogP) is 9.71. The number of benzene rings is 8. The molecule has 0 fully saturated rings. The van der Waals surface area contributed by atoms with E-state index in [1.54, 1.807) is 0 Å². The summed E-state index contributed by atoms with van der Waals surface area (Å²) in [6.45, 7) is 0. The molecule has 0 nitrogen and oxygen atoms in total. The Morgan fingerprint density at radius 2 is 0.941 bits per heavy atom. The predicted molar refractivity (Wildman–Crippen MR) is 148 cm³/mol. The normalized spacial score (nSPS) is 12.1. The van der Waals surface area contributed by atoms with Crippen LogP contribution in [-0.4, -0.2) is 0 Å². The zero-order valence-corrected chi connectivity index (χ0v) is 18.5. The minimum atomic E-state index is 1.27. The highest BCUT2D eigenvalue weighted by atomic mass is 14.2. The van der Waals surface area contributed by atoms with E-state index >= 15 is 0 Å². The lowest BCUT2D eigenvalue weighted by molar-refractivity contribution is 1.71. The molecule has 0 aromatic heterocycles. The molecule has 34 heavy (non-hydrogen) atoms. The molecule has 0 saturated heterocycles. The highest BCUT2D eigenvalue weighted by Crippen LogP contribution is 2.41. The van der Waals surface area contributed by atoms with Crippen molar-refractivity contribution in [3.8, 4) is 11.1 Å². The Hall–Kier alpha value is -4.42. The third-order valence-corrected chi connectivity index (χ3v) is 7.54. The summed E-state index contributed by atoms with van der Waals surface area (Å²) in [5, 5.41) is 15.9. The average molecular weight is 429 g/mol. The number of rotatable bonds is 1. The summed E-state index contributed by atoms with van der Waals surface area (Å²) in [4.78, 5) is 0. The van der Waals surface area contributed by atoms with E-state index in [-0.39, 0.29) is 0 Å². The summed E-state index contributed by atoms with van der Waals surface area (Å²) in [5.41, 5.74) is 2.56. The zero-order chi connectivity index (χ0) is 22.2. The summed E-state index contributed by atoms with van der Waals surface area (Å²) in [6, 6.07) is 44.9. The molecule has 0 aliphatic rings. The van der Waals surface area contributed by atoms with Crippen molar-refractivity contribution in [2.45, 2.75) is 0 Å². The lowest BCUT2D eigenvalue weighted by atomic mass is 9.88. The maximum absolute atomic E-state index is 2.40. The lowest BCUT2D eigenvalue weighted by Gasteiger charge is -2.15. The van der Waals surface area contributed by atoms with Crippen molar-refractivity contribution in [2.24, 2.45) is 0 Å². The highest BCUT2D eigenvalue weighted by Gasteiger charge is 2.13. The SMILES string of the molecule is c1ccc2c(c1)cc(-c1ccc3cc4ccc5cccc6ccc(c3c1)c4c56)c1ccccc12.